The molecule has 45 heavy (non-hydrogen) atoms. The molecule has 0 spiro atoms. The van der Waals surface area contributed by atoms with E-state index < -0.39 is 0 Å². The van der Waals surface area contributed by atoms with Gasteiger partial charge in [-0.25, -0.2) is 0 Å². The molecule has 0 bridgehead atoms. The van der Waals surface area contributed by atoms with Gasteiger partial charge in [0.1, 0.15) is 17.3 Å². The zero-order valence-electron chi connectivity index (χ0n) is 31.0. The Bertz CT molecular complexity index is 1460. The van der Waals surface area contributed by atoms with E-state index in [1.165, 1.54) is 32.0 Å². The van der Waals surface area contributed by atoms with E-state index in [9.17, 15) is 0 Å². The van der Waals surface area contributed by atoms with Crippen LogP contribution in [0.4, 0.5) is 0 Å². The van der Waals surface area contributed by atoms with Gasteiger partial charge < -0.3 is 9.47 Å². The van der Waals surface area contributed by atoms with Gasteiger partial charge in [-0.1, -0.05) is 114 Å². The third kappa shape index (κ3) is 9.16. The summed E-state index contributed by atoms with van der Waals surface area (Å²) in [6.45, 7) is 38.4. The molecule has 246 valence electrons. The van der Waals surface area contributed by atoms with Gasteiger partial charge in [-0.05, 0) is 72.3 Å². The highest BCUT2D eigenvalue weighted by Gasteiger charge is 2.33. The lowest BCUT2D eigenvalue weighted by molar-refractivity contribution is 0.380. The predicted molar refractivity (Wildman–Crippen MR) is 201 cm³/mol. The minimum atomic E-state index is -0.143. The predicted octanol–water partition coefficient (Wildman–Crippen LogP) is 12.9. The molecule has 0 heterocycles. The van der Waals surface area contributed by atoms with Crippen molar-refractivity contribution in [2.45, 2.75) is 139 Å². The van der Waals surface area contributed by atoms with Gasteiger partial charge in [0.15, 0.2) is 0 Å². The molecule has 0 fully saturated rings. The Morgan fingerprint density at radius 2 is 0.933 bits per heavy atom. The summed E-state index contributed by atoms with van der Waals surface area (Å²) < 4.78 is 12.7. The van der Waals surface area contributed by atoms with Gasteiger partial charge in [-0.15, -0.1) is 23.5 Å². The normalized spacial score (nSPS) is 13.2. The first kappa shape index (κ1) is 37.2. The molecule has 0 N–H and O–H groups in total. The molecule has 0 radical (unpaired) electrons. The zero-order chi connectivity index (χ0) is 34.3. The molecular formula is C41H58O2S2. The second-order valence-electron chi connectivity index (χ2n) is 16.8. The number of benzene rings is 3. The Labute approximate surface area is 284 Å². The number of aryl methyl sites for hydroxylation is 1. The Morgan fingerprint density at radius 1 is 0.578 bits per heavy atom. The summed E-state index contributed by atoms with van der Waals surface area (Å²) >= 11 is 3.84. The molecule has 0 amide bonds. The van der Waals surface area contributed by atoms with E-state index >= 15 is 0 Å². The van der Waals surface area contributed by atoms with Gasteiger partial charge in [-0.3, -0.25) is 0 Å². The fourth-order valence-electron chi connectivity index (χ4n) is 5.53. The number of hydrogen-bond acceptors (Lipinski definition) is 4. The molecule has 0 saturated carbocycles. The van der Waals surface area contributed by atoms with Gasteiger partial charge in [0.2, 0.25) is 0 Å². The van der Waals surface area contributed by atoms with Gasteiger partial charge in [0.05, 0.1) is 11.2 Å². The largest absolute Gasteiger partial charge is 0.496 e. The monoisotopic (exact) mass is 646 g/mol. The average molecular weight is 647 g/mol. The van der Waals surface area contributed by atoms with Crippen molar-refractivity contribution in [3.63, 3.8) is 0 Å². The van der Waals surface area contributed by atoms with Crippen molar-refractivity contribution in [2.24, 2.45) is 0 Å². The van der Waals surface area contributed by atoms with Crippen LogP contribution in [0, 0.1) is 6.92 Å². The van der Waals surface area contributed by atoms with Crippen molar-refractivity contribution in [3.05, 3.63) is 88.5 Å². The van der Waals surface area contributed by atoms with E-state index in [0.717, 1.165) is 22.6 Å². The lowest BCUT2D eigenvalue weighted by atomic mass is 9.79. The summed E-state index contributed by atoms with van der Waals surface area (Å²) in [5.74, 6) is 2.62. The van der Waals surface area contributed by atoms with Crippen molar-refractivity contribution >= 4 is 29.3 Å². The number of methoxy groups -OCH3 is 1. The van der Waals surface area contributed by atoms with E-state index in [0.29, 0.717) is 5.76 Å². The van der Waals surface area contributed by atoms with Crippen LogP contribution in [-0.2, 0) is 21.7 Å². The van der Waals surface area contributed by atoms with Crippen LogP contribution >= 0.6 is 23.5 Å². The van der Waals surface area contributed by atoms with Crippen LogP contribution in [-0.4, -0.2) is 11.2 Å². The van der Waals surface area contributed by atoms with E-state index in [4.69, 9.17) is 9.47 Å². The third-order valence-corrected chi connectivity index (χ3v) is 10.4. The highest BCUT2D eigenvalue weighted by Crippen LogP contribution is 2.51. The molecule has 4 heteroatoms. The zero-order valence-corrected chi connectivity index (χ0v) is 32.6. The van der Waals surface area contributed by atoms with Crippen LogP contribution < -0.4 is 9.47 Å². The molecule has 3 rings (SSSR count). The van der Waals surface area contributed by atoms with Crippen LogP contribution in [0.25, 0.3) is 5.76 Å². The quantitative estimate of drug-likeness (QED) is 0.138. The maximum atomic E-state index is 6.77. The second-order valence-corrected chi connectivity index (χ2v) is 20.5. The van der Waals surface area contributed by atoms with Crippen molar-refractivity contribution in [1.82, 2.24) is 0 Å². The summed E-state index contributed by atoms with van der Waals surface area (Å²) in [7, 11) is 1.80. The van der Waals surface area contributed by atoms with Crippen LogP contribution in [0.15, 0.2) is 64.9 Å². The Hall–Kier alpha value is -2.30. The highest BCUT2D eigenvalue weighted by atomic mass is 32.2. The van der Waals surface area contributed by atoms with E-state index in [2.05, 4.69) is 153 Å². The molecular weight excluding hydrogens is 589 g/mol. The highest BCUT2D eigenvalue weighted by molar-refractivity contribution is 8.18. The second kappa shape index (κ2) is 13.1. The smallest absolute Gasteiger partial charge is 0.134 e. The van der Waals surface area contributed by atoms with Crippen molar-refractivity contribution < 1.29 is 9.47 Å². The fraction of sp³-hybridized carbons (Fsp3) is 0.512. The molecule has 0 aliphatic rings. The molecule has 0 unspecified atom stereocenters. The first-order valence-electron chi connectivity index (χ1n) is 16.1. The molecule has 0 aromatic heterocycles. The maximum Gasteiger partial charge on any atom is 0.134 e. The molecule has 0 aliphatic heterocycles. The summed E-state index contributed by atoms with van der Waals surface area (Å²) in [4.78, 5) is 2.52. The van der Waals surface area contributed by atoms with E-state index in [1.807, 2.05) is 29.6 Å². The molecule has 0 aliphatic carbocycles. The summed E-state index contributed by atoms with van der Waals surface area (Å²) in [6.07, 6.45) is 0. The summed E-state index contributed by atoms with van der Waals surface area (Å²) in [5, 5.41) is 0. The lowest BCUT2D eigenvalue weighted by Crippen LogP contribution is -2.20. The molecule has 3 aromatic rings. The standard InChI is InChI=1S/C41H58O2S2/c1-26-20-18-19-21-30(26)27(2)43-36-33(39(9,10)11)24-29(25-34(36)40(12,13)14)45-41(15,16)44-28-22-31(37(3,4)5)35(42-17)32(23-28)38(6,7)8/h18-25H,2H2,1,3-17H3. The fourth-order valence-corrected chi connectivity index (χ4v) is 8.12. The summed E-state index contributed by atoms with van der Waals surface area (Å²) in [6, 6.07) is 17.7. The Balaban J connectivity index is 2.12. The van der Waals surface area contributed by atoms with Gasteiger partial charge in [-0.2, -0.15) is 0 Å². The van der Waals surface area contributed by atoms with Crippen molar-refractivity contribution in [2.75, 3.05) is 7.11 Å². The van der Waals surface area contributed by atoms with Gasteiger partial charge in [0, 0.05) is 37.6 Å². The number of ether oxygens (including phenoxy) is 2. The van der Waals surface area contributed by atoms with Crippen LogP contribution in [0.3, 0.4) is 0 Å². The van der Waals surface area contributed by atoms with Gasteiger partial charge in [0.25, 0.3) is 0 Å². The first-order valence-corrected chi connectivity index (χ1v) is 17.7. The number of thioether (sulfide) groups is 2. The van der Waals surface area contributed by atoms with E-state index in [1.54, 1.807) is 7.11 Å². The third-order valence-electron chi connectivity index (χ3n) is 7.96. The Kier molecular flexibility index (Phi) is 10.8. The van der Waals surface area contributed by atoms with Crippen LogP contribution in [0.1, 0.15) is 130 Å². The average Bonchev–Trinajstić information content (AvgIpc) is 2.86. The van der Waals surface area contributed by atoms with Gasteiger partial charge >= 0.3 is 0 Å². The number of rotatable bonds is 8. The maximum absolute atomic E-state index is 6.77. The van der Waals surface area contributed by atoms with Crippen LogP contribution in [0.5, 0.6) is 11.5 Å². The SMILES string of the molecule is C=C(Oc1c(C(C)(C)C)cc(SC(C)(C)Sc2cc(C(C)(C)C)c(OC)c(C(C)(C)C)c2)cc1C(C)(C)C)c1ccccc1C. The Morgan fingerprint density at radius 3 is 1.27 bits per heavy atom. The summed E-state index contributed by atoms with van der Waals surface area (Å²) in [5.41, 5.74) is 6.75. The lowest BCUT2D eigenvalue weighted by Gasteiger charge is -2.33. The molecule has 0 saturated heterocycles. The molecule has 3 aromatic carbocycles. The number of hydrogen-bond donors (Lipinski definition) is 0. The molecule has 0 atom stereocenters. The van der Waals surface area contributed by atoms with E-state index in [-0.39, 0.29) is 25.7 Å². The van der Waals surface area contributed by atoms with Crippen molar-refractivity contribution in [1.29, 1.82) is 0 Å². The minimum Gasteiger partial charge on any atom is -0.496 e. The topological polar surface area (TPSA) is 18.5 Å². The molecule has 2 nitrogen and oxygen atoms in total. The van der Waals surface area contributed by atoms with Crippen molar-refractivity contribution in [3.8, 4) is 11.5 Å². The first-order chi connectivity index (χ1) is 20.3. The minimum absolute atomic E-state index is 0.0411. The van der Waals surface area contributed by atoms with Crippen LogP contribution in [0.2, 0.25) is 0 Å².